The zero-order chi connectivity index (χ0) is 14.0. The minimum absolute atomic E-state index is 0.0225. The summed E-state index contributed by atoms with van der Waals surface area (Å²) in [5.41, 5.74) is 5.54. The molecule has 0 radical (unpaired) electrons. The van der Waals surface area contributed by atoms with E-state index in [0.29, 0.717) is 0 Å². The quantitative estimate of drug-likeness (QED) is 0.874. The van der Waals surface area contributed by atoms with Crippen molar-refractivity contribution in [2.45, 2.75) is 26.8 Å². The van der Waals surface area contributed by atoms with Crippen LogP contribution in [0.4, 0.5) is 4.39 Å². The summed E-state index contributed by atoms with van der Waals surface area (Å²) in [5, 5.41) is 3.29. The lowest BCUT2D eigenvalue weighted by Crippen LogP contribution is -2.19. The molecule has 0 saturated carbocycles. The van der Waals surface area contributed by atoms with E-state index in [2.05, 4.69) is 37.4 Å². The number of nitrogens with one attached hydrogen (secondary N) is 1. The Bertz CT molecular complexity index is 570. The standard InChI is InChI=1S/C17H20FN/c1-11-5-6-13(3)16(9-11)17(19-4)14-7-12(2)8-15(18)10-14/h5-10,17,19H,1-4H3. The molecule has 0 amide bonds. The molecule has 0 aromatic heterocycles. The van der Waals surface area contributed by atoms with Gasteiger partial charge in [-0.15, -0.1) is 0 Å². The number of halogens is 1. The highest BCUT2D eigenvalue weighted by Crippen LogP contribution is 2.26. The van der Waals surface area contributed by atoms with Crippen LogP contribution in [0.2, 0.25) is 0 Å². The van der Waals surface area contributed by atoms with Gasteiger partial charge in [-0.1, -0.05) is 29.8 Å². The fourth-order valence-corrected chi connectivity index (χ4v) is 2.50. The van der Waals surface area contributed by atoms with Crippen molar-refractivity contribution in [1.82, 2.24) is 5.32 Å². The molecule has 2 heteroatoms. The first-order chi connectivity index (χ1) is 9.01. The van der Waals surface area contributed by atoms with E-state index in [-0.39, 0.29) is 11.9 Å². The van der Waals surface area contributed by atoms with Gasteiger partial charge < -0.3 is 5.32 Å². The summed E-state index contributed by atoms with van der Waals surface area (Å²) < 4.78 is 13.6. The Hall–Kier alpha value is -1.67. The van der Waals surface area contributed by atoms with E-state index in [9.17, 15) is 4.39 Å². The van der Waals surface area contributed by atoms with E-state index in [4.69, 9.17) is 0 Å². The largest absolute Gasteiger partial charge is 0.309 e. The smallest absolute Gasteiger partial charge is 0.123 e. The van der Waals surface area contributed by atoms with Crippen molar-refractivity contribution in [1.29, 1.82) is 0 Å². The summed E-state index contributed by atoms with van der Waals surface area (Å²) in [6.07, 6.45) is 0. The first-order valence-corrected chi connectivity index (χ1v) is 6.53. The normalized spacial score (nSPS) is 12.5. The lowest BCUT2D eigenvalue weighted by Gasteiger charge is -2.20. The lowest BCUT2D eigenvalue weighted by molar-refractivity contribution is 0.614. The third-order valence-electron chi connectivity index (χ3n) is 3.43. The fraction of sp³-hybridized carbons (Fsp3) is 0.294. The predicted molar refractivity (Wildman–Crippen MR) is 78.0 cm³/mol. The summed E-state index contributed by atoms with van der Waals surface area (Å²) in [7, 11) is 1.91. The molecule has 19 heavy (non-hydrogen) atoms. The SMILES string of the molecule is CNC(c1cc(C)cc(F)c1)c1cc(C)ccc1C. The predicted octanol–water partition coefficient (Wildman–Crippen LogP) is 4.06. The molecule has 2 rings (SSSR count). The summed E-state index contributed by atoms with van der Waals surface area (Å²) in [6, 6.07) is 11.6. The van der Waals surface area contributed by atoms with E-state index < -0.39 is 0 Å². The maximum absolute atomic E-state index is 13.6. The lowest BCUT2D eigenvalue weighted by atomic mass is 9.93. The molecule has 0 heterocycles. The van der Waals surface area contributed by atoms with Crippen LogP contribution in [0.15, 0.2) is 36.4 Å². The highest BCUT2D eigenvalue weighted by molar-refractivity contribution is 5.40. The van der Waals surface area contributed by atoms with Crippen molar-refractivity contribution in [2.24, 2.45) is 0 Å². The van der Waals surface area contributed by atoms with Crippen LogP contribution in [-0.2, 0) is 0 Å². The molecule has 0 fully saturated rings. The number of aryl methyl sites for hydroxylation is 3. The minimum Gasteiger partial charge on any atom is -0.309 e. The molecule has 0 saturated heterocycles. The molecule has 0 aliphatic rings. The molecule has 1 atom stereocenters. The van der Waals surface area contributed by atoms with Crippen molar-refractivity contribution in [3.05, 3.63) is 70.0 Å². The second-order valence-corrected chi connectivity index (χ2v) is 5.14. The Kier molecular flexibility index (Phi) is 4.01. The van der Waals surface area contributed by atoms with Crippen LogP contribution in [-0.4, -0.2) is 7.05 Å². The number of hydrogen-bond donors (Lipinski definition) is 1. The van der Waals surface area contributed by atoms with Crippen molar-refractivity contribution in [2.75, 3.05) is 7.05 Å². The Morgan fingerprint density at radius 1 is 0.947 bits per heavy atom. The molecule has 0 spiro atoms. The molecule has 0 bridgehead atoms. The third kappa shape index (κ3) is 3.02. The maximum atomic E-state index is 13.6. The molecule has 1 unspecified atom stereocenters. The van der Waals surface area contributed by atoms with Gasteiger partial charge in [0, 0.05) is 0 Å². The number of hydrogen-bond acceptors (Lipinski definition) is 1. The molecule has 1 nitrogen and oxygen atoms in total. The second-order valence-electron chi connectivity index (χ2n) is 5.14. The van der Waals surface area contributed by atoms with Gasteiger partial charge in [0.2, 0.25) is 0 Å². The van der Waals surface area contributed by atoms with Crippen LogP contribution in [0.3, 0.4) is 0 Å². The van der Waals surface area contributed by atoms with Gasteiger partial charge in [0.15, 0.2) is 0 Å². The molecule has 2 aromatic carbocycles. The average molecular weight is 257 g/mol. The van der Waals surface area contributed by atoms with Gasteiger partial charge in [0.05, 0.1) is 6.04 Å². The van der Waals surface area contributed by atoms with Crippen molar-refractivity contribution in [3.8, 4) is 0 Å². The Morgan fingerprint density at radius 2 is 1.68 bits per heavy atom. The van der Waals surface area contributed by atoms with Gasteiger partial charge in [-0.25, -0.2) is 4.39 Å². The van der Waals surface area contributed by atoms with Gasteiger partial charge in [-0.3, -0.25) is 0 Å². The van der Waals surface area contributed by atoms with Crippen LogP contribution in [0, 0.1) is 26.6 Å². The van der Waals surface area contributed by atoms with E-state index in [1.807, 2.05) is 20.0 Å². The summed E-state index contributed by atoms with van der Waals surface area (Å²) in [5.74, 6) is -0.180. The second kappa shape index (κ2) is 5.54. The molecule has 0 aliphatic heterocycles. The minimum atomic E-state index is -0.180. The first kappa shape index (κ1) is 13.8. The third-order valence-corrected chi connectivity index (χ3v) is 3.43. The van der Waals surface area contributed by atoms with E-state index in [1.54, 1.807) is 12.1 Å². The molecule has 0 aliphatic carbocycles. The first-order valence-electron chi connectivity index (χ1n) is 6.53. The van der Waals surface area contributed by atoms with Crippen molar-refractivity contribution in [3.63, 3.8) is 0 Å². The van der Waals surface area contributed by atoms with Gasteiger partial charge in [0.25, 0.3) is 0 Å². The van der Waals surface area contributed by atoms with Crippen molar-refractivity contribution < 1.29 is 4.39 Å². The van der Waals surface area contributed by atoms with Gasteiger partial charge in [0.1, 0.15) is 5.82 Å². The topological polar surface area (TPSA) is 12.0 Å². The maximum Gasteiger partial charge on any atom is 0.123 e. The van der Waals surface area contributed by atoms with Crippen molar-refractivity contribution >= 4 is 0 Å². The summed E-state index contributed by atoms with van der Waals surface area (Å²) in [6.45, 7) is 6.08. The van der Waals surface area contributed by atoms with Gasteiger partial charge in [-0.05, 0) is 62.2 Å². The summed E-state index contributed by atoms with van der Waals surface area (Å²) in [4.78, 5) is 0. The Morgan fingerprint density at radius 3 is 2.32 bits per heavy atom. The van der Waals surface area contributed by atoms with Crippen LogP contribution >= 0.6 is 0 Å². The zero-order valence-electron chi connectivity index (χ0n) is 11.9. The molecular formula is C17H20FN. The average Bonchev–Trinajstić information content (AvgIpc) is 2.33. The Labute approximate surface area is 114 Å². The van der Waals surface area contributed by atoms with E-state index in [0.717, 1.165) is 11.1 Å². The zero-order valence-corrected chi connectivity index (χ0v) is 11.9. The van der Waals surface area contributed by atoms with Crippen LogP contribution < -0.4 is 5.32 Å². The summed E-state index contributed by atoms with van der Waals surface area (Å²) >= 11 is 0. The Balaban J connectivity index is 2.52. The van der Waals surface area contributed by atoms with E-state index >= 15 is 0 Å². The van der Waals surface area contributed by atoms with Crippen LogP contribution in [0.1, 0.15) is 33.9 Å². The molecule has 1 N–H and O–H groups in total. The van der Waals surface area contributed by atoms with Crippen LogP contribution in [0.5, 0.6) is 0 Å². The van der Waals surface area contributed by atoms with Gasteiger partial charge >= 0.3 is 0 Å². The molecule has 100 valence electrons. The van der Waals surface area contributed by atoms with Gasteiger partial charge in [-0.2, -0.15) is 0 Å². The monoisotopic (exact) mass is 257 g/mol. The number of rotatable bonds is 3. The highest BCUT2D eigenvalue weighted by Gasteiger charge is 2.15. The number of benzene rings is 2. The molecule has 2 aromatic rings. The van der Waals surface area contributed by atoms with E-state index in [1.165, 1.54) is 16.7 Å². The van der Waals surface area contributed by atoms with Crippen LogP contribution in [0.25, 0.3) is 0 Å². The molecular weight excluding hydrogens is 237 g/mol. The highest BCUT2D eigenvalue weighted by atomic mass is 19.1. The fourth-order valence-electron chi connectivity index (χ4n) is 2.50.